The van der Waals surface area contributed by atoms with Crippen LogP contribution in [0, 0.1) is 17.1 Å². The lowest BCUT2D eigenvalue weighted by atomic mass is 10.2. The van der Waals surface area contributed by atoms with Crippen LogP contribution in [0.3, 0.4) is 0 Å². The van der Waals surface area contributed by atoms with Crippen molar-refractivity contribution < 1.29 is 9.13 Å². The second-order valence-corrected chi connectivity index (χ2v) is 3.36. The molecule has 1 aromatic carbocycles. The zero-order chi connectivity index (χ0) is 12.3. The molecule has 0 fully saturated rings. The first kappa shape index (κ1) is 11.3. The number of ether oxygens (including phenoxy) is 1. The molecular weight excluding hydrogens is 245 g/mol. The van der Waals surface area contributed by atoms with Crippen molar-refractivity contribution in [3.63, 3.8) is 0 Å². The summed E-state index contributed by atoms with van der Waals surface area (Å²) in [6.07, 6.45) is 1.42. The fraction of sp³-hybridized carbons (Fsp3) is 0. The van der Waals surface area contributed by atoms with Crippen LogP contribution in [0.2, 0.25) is 5.28 Å². The van der Waals surface area contributed by atoms with Gasteiger partial charge < -0.3 is 4.74 Å². The summed E-state index contributed by atoms with van der Waals surface area (Å²) in [7, 11) is 0. The normalized spacial score (nSPS) is 9.71. The molecular formula is C11H5ClFN3O. The molecule has 1 heterocycles. The van der Waals surface area contributed by atoms with Crippen LogP contribution in [-0.4, -0.2) is 9.97 Å². The Balaban J connectivity index is 2.25. The molecule has 2 rings (SSSR count). The Morgan fingerprint density at radius 2 is 2.18 bits per heavy atom. The van der Waals surface area contributed by atoms with Crippen molar-refractivity contribution in [3.8, 4) is 17.7 Å². The Morgan fingerprint density at radius 1 is 1.35 bits per heavy atom. The maximum atomic E-state index is 13.3. The molecule has 0 aliphatic rings. The second-order valence-electron chi connectivity index (χ2n) is 3.02. The molecule has 17 heavy (non-hydrogen) atoms. The zero-order valence-corrected chi connectivity index (χ0v) is 9.15. The third kappa shape index (κ3) is 2.68. The predicted molar refractivity (Wildman–Crippen MR) is 58.2 cm³/mol. The third-order valence-electron chi connectivity index (χ3n) is 1.88. The van der Waals surface area contributed by atoms with Crippen molar-refractivity contribution in [1.82, 2.24) is 9.97 Å². The van der Waals surface area contributed by atoms with Crippen molar-refractivity contribution >= 4 is 11.6 Å². The minimum absolute atomic E-state index is 0.0385. The van der Waals surface area contributed by atoms with Crippen molar-refractivity contribution in [3.05, 3.63) is 47.1 Å². The summed E-state index contributed by atoms with van der Waals surface area (Å²) in [6, 6.07) is 7.11. The van der Waals surface area contributed by atoms with E-state index in [9.17, 15) is 4.39 Å². The zero-order valence-electron chi connectivity index (χ0n) is 8.39. The molecule has 0 radical (unpaired) electrons. The van der Waals surface area contributed by atoms with Gasteiger partial charge in [-0.15, -0.1) is 0 Å². The SMILES string of the molecule is N#Cc1ccc(Oc2ccnc(Cl)n2)cc1F. The maximum absolute atomic E-state index is 13.3. The Hall–Kier alpha value is -2.19. The predicted octanol–water partition coefficient (Wildman–Crippen LogP) is 2.93. The van der Waals surface area contributed by atoms with Crippen molar-refractivity contribution in [2.75, 3.05) is 0 Å². The summed E-state index contributed by atoms with van der Waals surface area (Å²) in [5.74, 6) is -0.212. The summed E-state index contributed by atoms with van der Waals surface area (Å²) >= 11 is 5.57. The number of aromatic nitrogens is 2. The van der Waals surface area contributed by atoms with Gasteiger partial charge in [-0.2, -0.15) is 10.2 Å². The Morgan fingerprint density at radius 3 is 2.82 bits per heavy atom. The monoisotopic (exact) mass is 249 g/mol. The Bertz CT molecular complexity index is 598. The molecule has 0 N–H and O–H groups in total. The summed E-state index contributed by atoms with van der Waals surface area (Å²) in [5, 5.41) is 8.61. The highest BCUT2D eigenvalue weighted by Crippen LogP contribution is 2.22. The number of benzene rings is 1. The number of hydrogen-bond acceptors (Lipinski definition) is 4. The smallest absolute Gasteiger partial charge is 0.225 e. The quantitative estimate of drug-likeness (QED) is 0.768. The standard InChI is InChI=1S/C11H5ClFN3O/c12-11-15-4-3-10(16-11)17-8-2-1-7(6-14)9(13)5-8/h1-5H. The number of rotatable bonds is 2. The van der Waals surface area contributed by atoms with Crippen LogP contribution in [0.15, 0.2) is 30.5 Å². The Labute approximate surface area is 101 Å². The number of nitrogens with zero attached hydrogens (tertiary/aromatic N) is 3. The second kappa shape index (κ2) is 4.76. The van der Waals surface area contributed by atoms with Crippen LogP contribution in [0.25, 0.3) is 0 Å². The van der Waals surface area contributed by atoms with Gasteiger partial charge in [0.25, 0.3) is 0 Å². The fourth-order valence-corrected chi connectivity index (χ4v) is 1.29. The molecule has 6 heteroatoms. The molecule has 0 aliphatic carbocycles. The van der Waals surface area contributed by atoms with E-state index >= 15 is 0 Å². The summed E-state index contributed by atoms with van der Waals surface area (Å²) in [6.45, 7) is 0. The lowest BCUT2D eigenvalue weighted by Crippen LogP contribution is -1.91. The van der Waals surface area contributed by atoms with Crippen LogP contribution < -0.4 is 4.74 Å². The van der Waals surface area contributed by atoms with E-state index in [-0.39, 0.29) is 22.5 Å². The van der Waals surface area contributed by atoms with Crippen LogP contribution in [-0.2, 0) is 0 Å². The lowest BCUT2D eigenvalue weighted by molar-refractivity contribution is 0.456. The molecule has 0 spiro atoms. The summed E-state index contributed by atoms with van der Waals surface area (Å²) < 4.78 is 18.5. The van der Waals surface area contributed by atoms with E-state index < -0.39 is 5.82 Å². The lowest BCUT2D eigenvalue weighted by Gasteiger charge is -2.04. The highest BCUT2D eigenvalue weighted by Gasteiger charge is 2.05. The fourth-order valence-electron chi connectivity index (χ4n) is 1.15. The van der Waals surface area contributed by atoms with Gasteiger partial charge in [-0.1, -0.05) is 0 Å². The summed E-state index contributed by atoms with van der Waals surface area (Å²) in [4.78, 5) is 7.47. The van der Waals surface area contributed by atoms with Gasteiger partial charge in [-0.3, -0.25) is 0 Å². The average Bonchev–Trinajstić information content (AvgIpc) is 2.29. The van der Waals surface area contributed by atoms with Crippen LogP contribution >= 0.6 is 11.6 Å². The van der Waals surface area contributed by atoms with Crippen LogP contribution in [0.1, 0.15) is 5.56 Å². The molecule has 84 valence electrons. The number of halogens is 2. The van der Waals surface area contributed by atoms with Crippen LogP contribution in [0.4, 0.5) is 4.39 Å². The maximum Gasteiger partial charge on any atom is 0.225 e. The number of nitriles is 1. The highest BCUT2D eigenvalue weighted by molar-refractivity contribution is 6.28. The Kier molecular flexibility index (Phi) is 3.17. The van der Waals surface area contributed by atoms with Gasteiger partial charge in [0, 0.05) is 18.3 Å². The molecule has 4 nitrogen and oxygen atoms in total. The molecule has 1 aromatic heterocycles. The third-order valence-corrected chi connectivity index (χ3v) is 2.07. The van der Waals surface area contributed by atoms with Gasteiger partial charge >= 0.3 is 0 Å². The van der Waals surface area contributed by atoms with Gasteiger partial charge in [-0.25, -0.2) is 9.37 Å². The van der Waals surface area contributed by atoms with Gasteiger partial charge in [0.2, 0.25) is 11.2 Å². The molecule has 0 saturated carbocycles. The van der Waals surface area contributed by atoms with E-state index in [1.165, 1.54) is 24.4 Å². The molecule has 0 atom stereocenters. The molecule has 0 saturated heterocycles. The molecule has 0 amide bonds. The molecule has 0 bridgehead atoms. The van der Waals surface area contributed by atoms with E-state index in [0.29, 0.717) is 0 Å². The first-order valence-corrected chi connectivity index (χ1v) is 4.93. The topological polar surface area (TPSA) is 58.8 Å². The minimum Gasteiger partial charge on any atom is -0.439 e. The van der Waals surface area contributed by atoms with Gasteiger partial charge in [-0.05, 0) is 23.7 Å². The first-order valence-electron chi connectivity index (χ1n) is 4.55. The van der Waals surface area contributed by atoms with Gasteiger partial charge in [0.05, 0.1) is 5.56 Å². The van der Waals surface area contributed by atoms with Gasteiger partial charge in [0.1, 0.15) is 17.6 Å². The largest absolute Gasteiger partial charge is 0.439 e. The van der Waals surface area contributed by atoms with Crippen molar-refractivity contribution in [1.29, 1.82) is 5.26 Å². The van der Waals surface area contributed by atoms with E-state index in [1.54, 1.807) is 6.07 Å². The van der Waals surface area contributed by atoms with Gasteiger partial charge in [0.15, 0.2) is 0 Å². The highest BCUT2D eigenvalue weighted by atomic mass is 35.5. The van der Waals surface area contributed by atoms with E-state index in [4.69, 9.17) is 21.6 Å². The van der Waals surface area contributed by atoms with E-state index in [2.05, 4.69) is 9.97 Å². The molecule has 0 aliphatic heterocycles. The van der Waals surface area contributed by atoms with E-state index in [0.717, 1.165) is 6.07 Å². The number of hydrogen-bond donors (Lipinski definition) is 0. The van der Waals surface area contributed by atoms with Crippen molar-refractivity contribution in [2.24, 2.45) is 0 Å². The van der Waals surface area contributed by atoms with Crippen molar-refractivity contribution in [2.45, 2.75) is 0 Å². The summed E-state index contributed by atoms with van der Waals surface area (Å²) in [5.41, 5.74) is -0.0435. The average molecular weight is 250 g/mol. The first-order chi connectivity index (χ1) is 8.19. The minimum atomic E-state index is -0.648. The molecule has 2 aromatic rings. The van der Waals surface area contributed by atoms with E-state index in [1.807, 2.05) is 0 Å². The molecule has 0 unspecified atom stereocenters. The van der Waals surface area contributed by atoms with Crippen LogP contribution in [0.5, 0.6) is 11.6 Å².